The number of hydrogen-bond donors (Lipinski definition) is 1. The van der Waals surface area contributed by atoms with Gasteiger partial charge in [-0.1, -0.05) is 37.3 Å². The molecule has 148 valence electrons. The van der Waals surface area contributed by atoms with Gasteiger partial charge in [-0.2, -0.15) is 15.1 Å². The topological polar surface area (TPSA) is 73.8 Å². The SMILES string of the molecule is CCCC1=NN2C(=N)C(=Cc3cc(C)n(Cc4ccccc4)c3C)C(=O)N=C2S1. The van der Waals surface area contributed by atoms with Gasteiger partial charge in [-0.15, -0.1) is 0 Å². The van der Waals surface area contributed by atoms with E-state index in [9.17, 15) is 4.79 Å². The molecule has 0 unspecified atom stereocenters. The van der Waals surface area contributed by atoms with Crippen LogP contribution in [0.15, 0.2) is 52.1 Å². The van der Waals surface area contributed by atoms with E-state index < -0.39 is 0 Å². The third-order valence-corrected chi connectivity index (χ3v) is 6.02. The third-order valence-electron chi connectivity index (χ3n) is 5.06. The van der Waals surface area contributed by atoms with Crippen LogP contribution < -0.4 is 0 Å². The molecule has 7 heteroatoms. The van der Waals surface area contributed by atoms with Crippen molar-refractivity contribution in [2.45, 2.75) is 40.2 Å². The minimum atomic E-state index is -0.380. The van der Waals surface area contributed by atoms with E-state index in [0.29, 0.717) is 5.17 Å². The first-order valence-corrected chi connectivity index (χ1v) is 10.5. The Kier molecular flexibility index (Phi) is 5.24. The largest absolute Gasteiger partial charge is 0.344 e. The number of hydrogen-bond acceptors (Lipinski definition) is 4. The van der Waals surface area contributed by atoms with E-state index in [1.54, 1.807) is 6.08 Å². The van der Waals surface area contributed by atoms with Gasteiger partial charge in [0.15, 0.2) is 5.84 Å². The second-order valence-corrected chi connectivity index (χ2v) is 8.20. The number of aliphatic imine (C=N–C) groups is 1. The lowest BCUT2D eigenvalue weighted by atomic mass is 10.1. The van der Waals surface area contributed by atoms with E-state index in [1.807, 2.05) is 25.1 Å². The number of amidine groups is 2. The Morgan fingerprint density at radius 3 is 2.69 bits per heavy atom. The Morgan fingerprint density at radius 1 is 1.21 bits per heavy atom. The number of aryl methyl sites for hydroxylation is 1. The summed E-state index contributed by atoms with van der Waals surface area (Å²) in [6.45, 7) is 6.94. The molecule has 2 aliphatic heterocycles. The number of benzene rings is 1. The summed E-state index contributed by atoms with van der Waals surface area (Å²) in [4.78, 5) is 16.8. The number of rotatable bonds is 5. The van der Waals surface area contributed by atoms with E-state index in [1.165, 1.54) is 22.3 Å². The summed E-state index contributed by atoms with van der Waals surface area (Å²) in [6.07, 6.45) is 3.55. The van der Waals surface area contributed by atoms with E-state index in [0.717, 1.165) is 41.4 Å². The summed E-state index contributed by atoms with van der Waals surface area (Å²) < 4.78 is 2.22. The van der Waals surface area contributed by atoms with E-state index in [4.69, 9.17) is 5.41 Å². The highest BCUT2D eigenvalue weighted by Gasteiger charge is 2.35. The first kappa shape index (κ1) is 19.4. The quantitative estimate of drug-likeness (QED) is 0.741. The molecule has 0 saturated heterocycles. The molecule has 6 nitrogen and oxygen atoms in total. The van der Waals surface area contributed by atoms with E-state index >= 15 is 0 Å². The van der Waals surface area contributed by atoms with Crippen molar-refractivity contribution in [2.24, 2.45) is 10.1 Å². The van der Waals surface area contributed by atoms with Crippen LogP contribution in [-0.4, -0.2) is 31.5 Å². The van der Waals surface area contributed by atoms with Crippen molar-refractivity contribution in [3.63, 3.8) is 0 Å². The molecule has 1 amide bonds. The molecular formula is C22H23N5OS. The van der Waals surface area contributed by atoms with Crippen LogP contribution in [0.5, 0.6) is 0 Å². The van der Waals surface area contributed by atoms with Crippen molar-refractivity contribution >= 4 is 39.8 Å². The zero-order valence-electron chi connectivity index (χ0n) is 16.8. The molecule has 0 atom stereocenters. The maximum atomic E-state index is 12.6. The molecule has 2 aromatic rings. The Balaban J connectivity index is 1.66. The van der Waals surface area contributed by atoms with Crippen LogP contribution in [0.3, 0.4) is 0 Å². The predicted molar refractivity (Wildman–Crippen MR) is 119 cm³/mol. The fourth-order valence-electron chi connectivity index (χ4n) is 3.49. The Morgan fingerprint density at radius 2 is 1.97 bits per heavy atom. The van der Waals surface area contributed by atoms with Gasteiger partial charge < -0.3 is 4.57 Å². The second kappa shape index (κ2) is 7.83. The van der Waals surface area contributed by atoms with Gasteiger partial charge in [0.25, 0.3) is 5.91 Å². The molecule has 0 bridgehead atoms. The van der Waals surface area contributed by atoms with Crippen molar-refractivity contribution in [3.05, 3.63) is 64.5 Å². The summed E-state index contributed by atoms with van der Waals surface area (Å²) in [5.74, 6) is -0.291. The molecular weight excluding hydrogens is 382 g/mol. The zero-order chi connectivity index (χ0) is 20.5. The third kappa shape index (κ3) is 3.70. The van der Waals surface area contributed by atoms with E-state index in [2.05, 4.69) is 46.7 Å². The molecule has 0 radical (unpaired) electrons. The highest BCUT2D eigenvalue weighted by atomic mass is 32.2. The number of nitrogens with zero attached hydrogens (tertiary/aromatic N) is 4. The van der Waals surface area contributed by atoms with Crippen molar-refractivity contribution in [2.75, 3.05) is 0 Å². The Hall–Kier alpha value is -2.93. The first-order chi connectivity index (χ1) is 14.0. The smallest absolute Gasteiger partial charge is 0.283 e. The number of hydrazone groups is 1. The van der Waals surface area contributed by atoms with Gasteiger partial charge in [0, 0.05) is 17.9 Å². The van der Waals surface area contributed by atoms with Crippen LogP contribution in [0.2, 0.25) is 0 Å². The lowest BCUT2D eigenvalue weighted by Gasteiger charge is -2.20. The number of amides is 1. The molecule has 3 heterocycles. The maximum absolute atomic E-state index is 12.6. The summed E-state index contributed by atoms with van der Waals surface area (Å²) in [5.41, 5.74) is 4.58. The summed E-state index contributed by atoms with van der Waals surface area (Å²) in [7, 11) is 0. The standard InChI is InChI=1S/C22H23N5OS/c1-4-8-19-25-27-20(23)18(21(28)24-22(27)29-19)12-17-11-14(2)26(15(17)3)13-16-9-6-5-7-10-16/h5-7,9-12,23H,4,8,13H2,1-3H3. The molecule has 1 aromatic heterocycles. The molecule has 1 aromatic carbocycles. The fourth-order valence-corrected chi connectivity index (χ4v) is 4.47. The summed E-state index contributed by atoms with van der Waals surface area (Å²) in [5, 5.41) is 15.8. The predicted octanol–water partition coefficient (Wildman–Crippen LogP) is 4.57. The van der Waals surface area contributed by atoms with Crippen LogP contribution in [0.1, 0.15) is 42.3 Å². The van der Waals surface area contributed by atoms with Crippen LogP contribution in [-0.2, 0) is 11.3 Å². The van der Waals surface area contributed by atoms with Gasteiger partial charge in [0.1, 0.15) is 5.04 Å². The van der Waals surface area contributed by atoms with Crippen LogP contribution in [0.4, 0.5) is 0 Å². The van der Waals surface area contributed by atoms with Crippen LogP contribution in [0, 0.1) is 19.3 Å². The van der Waals surface area contributed by atoms with Crippen LogP contribution >= 0.6 is 11.8 Å². The number of fused-ring (bicyclic) bond motifs is 1. The monoisotopic (exact) mass is 405 g/mol. The second-order valence-electron chi connectivity index (χ2n) is 7.16. The normalized spacial score (nSPS) is 17.6. The van der Waals surface area contributed by atoms with Crippen molar-refractivity contribution < 1.29 is 4.79 Å². The average molecular weight is 406 g/mol. The molecule has 2 aliphatic rings. The maximum Gasteiger partial charge on any atom is 0.283 e. The van der Waals surface area contributed by atoms with Gasteiger partial charge in [0.2, 0.25) is 5.17 Å². The number of aromatic nitrogens is 1. The minimum absolute atomic E-state index is 0.0893. The number of carbonyl (C=O) groups excluding carboxylic acids is 1. The van der Waals surface area contributed by atoms with Gasteiger partial charge in [-0.3, -0.25) is 10.2 Å². The lowest BCUT2D eigenvalue weighted by Crippen LogP contribution is -2.35. The molecule has 0 spiro atoms. The Labute approximate surface area is 174 Å². The number of nitrogens with one attached hydrogen (secondary N) is 1. The highest BCUT2D eigenvalue weighted by Crippen LogP contribution is 2.30. The molecule has 4 rings (SSSR count). The summed E-state index contributed by atoms with van der Waals surface area (Å²) in [6, 6.07) is 12.3. The lowest BCUT2D eigenvalue weighted by molar-refractivity contribution is -0.114. The number of thioether (sulfide) groups is 1. The molecule has 0 saturated carbocycles. The molecule has 29 heavy (non-hydrogen) atoms. The summed E-state index contributed by atoms with van der Waals surface area (Å²) >= 11 is 1.38. The molecule has 0 fully saturated rings. The molecule has 0 aliphatic carbocycles. The molecule has 1 N–H and O–H groups in total. The van der Waals surface area contributed by atoms with Crippen molar-refractivity contribution in [3.8, 4) is 0 Å². The van der Waals surface area contributed by atoms with Gasteiger partial charge in [0.05, 0.1) is 5.57 Å². The van der Waals surface area contributed by atoms with Gasteiger partial charge >= 0.3 is 0 Å². The number of carbonyl (C=O) groups is 1. The van der Waals surface area contributed by atoms with Gasteiger partial charge in [-0.25, -0.2) is 0 Å². The first-order valence-electron chi connectivity index (χ1n) is 9.67. The van der Waals surface area contributed by atoms with Gasteiger partial charge in [-0.05, 0) is 61.7 Å². The average Bonchev–Trinajstić information content (AvgIpc) is 3.22. The van der Waals surface area contributed by atoms with Crippen molar-refractivity contribution in [1.82, 2.24) is 9.58 Å². The minimum Gasteiger partial charge on any atom is -0.344 e. The highest BCUT2D eigenvalue weighted by molar-refractivity contribution is 8.26. The van der Waals surface area contributed by atoms with Crippen molar-refractivity contribution in [1.29, 1.82) is 5.41 Å². The van der Waals surface area contributed by atoms with Crippen LogP contribution in [0.25, 0.3) is 6.08 Å². The fraction of sp³-hybridized carbons (Fsp3) is 0.273. The zero-order valence-corrected chi connectivity index (χ0v) is 17.6. The van der Waals surface area contributed by atoms with E-state index in [-0.39, 0.29) is 17.3 Å². The Bertz CT molecular complexity index is 1080.